The van der Waals surface area contributed by atoms with Crippen molar-refractivity contribution in [1.82, 2.24) is 19.5 Å². The van der Waals surface area contributed by atoms with E-state index in [1.54, 1.807) is 13.3 Å². The van der Waals surface area contributed by atoms with Crippen molar-refractivity contribution in [2.75, 3.05) is 7.11 Å². The van der Waals surface area contributed by atoms with Crippen molar-refractivity contribution >= 4 is 10.9 Å². The van der Waals surface area contributed by atoms with E-state index in [0.717, 1.165) is 22.4 Å². The van der Waals surface area contributed by atoms with Crippen molar-refractivity contribution in [1.29, 1.82) is 0 Å². The van der Waals surface area contributed by atoms with Crippen LogP contribution in [0.1, 0.15) is 0 Å². The van der Waals surface area contributed by atoms with Gasteiger partial charge in [-0.2, -0.15) is 9.97 Å². The highest BCUT2D eigenvalue weighted by Gasteiger charge is 2.12. The molecule has 0 saturated heterocycles. The molecular weight excluding hydrogens is 228 g/mol. The van der Waals surface area contributed by atoms with Crippen LogP contribution >= 0.6 is 0 Å². The van der Waals surface area contributed by atoms with Gasteiger partial charge in [0.2, 0.25) is 0 Å². The summed E-state index contributed by atoms with van der Waals surface area (Å²) >= 11 is 0. The number of hydrogen-bond donors (Lipinski definition) is 0. The topological polar surface area (TPSA) is 52.8 Å². The molecule has 90 valence electrons. The summed E-state index contributed by atoms with van der Waals surface area (Å²) in [7, 11) is 3.50. The number of aromatic nitrogens is 4. The highest BCUT2D eigenvalue weighted by molar-refractivity contribution is 5.90. The van der Waals surface area contributed by atoms with Crippen LogP contribution in [0.4, 0.5) is 0 Å². The van der Waals surface area contributed by atoms with Gasteiger partial charge in [0.15, 0.2) is 5.82 Å². The van der Waals surface area contributed by atoms with Gasteiger partial charge in [-0.25, -0.2) is 4.98 Å². The maximum absolute atomic E-state index is 5.14. The van der Waals surface area contributed by atoms with Crippen molar-refractivity contribution in [3.63, 3.8) is 0 Å². The molecule has 5 heteroatoms. The number of benzene rings is 1. The number of aryl methyl sites for hydroxylation is 1. The van der Waals surface area contributed by atoms with Gasteiger partial charge in [-0.1, -0.05) is 18.2 Å². The van der Waals surface area contributed by atoms with E-state index in [1.807, 2.05) is 42.1 Å². The summed E-state index contributed by atoms with van der Waals surface area (Å²) in [5.41, 5.74) is 1.63. The smallest absolute Gasteiger partial charge is 0.317 e. The first-order valence-corrected chi connectivity index (χ1v) is 5.58. The molecule has 0 unspecified atom stereocenters. The number of rotatable bonds is 2. The van der Waals surface area contributed by atoms with Gasteiger partial charge in [0.25, 0.3) is 0 Å². The average Bonchev–Trinajstić information content (AvgIpc) is 2.83. The van der Waals surface area contributed by atoms with Gasteiger partial charge in [0.05, 0.1) is 12.6 Å². The number of fused-ring (bicyclic) bond motifs is 1. The Bertz CT molecular complexity index is 705. The van der Waals surface area contributed by atoms with Crippen LogP contribution in [0.3, 0.4) is 0 Å². The first kappa shape index (κ1) is 10.7. The van der Waals surface area contributed by atoms with Gasteiger partial charge in [0.1, 0.15) is 5.69 Å². The molecule has 2 aromatic heterocycles. The fourth-order valence-electron chi connectivity index (χ4n) is 1.91. The molecule has 0 amide bonds. The molecule has 0 spiro atoms. The SMILES string of the molecule is COc1nc(-c2nccn2C)c2ccccc2n1. The normalized spacial score (nSPS) is 10.8. The molecule has 0 saturated carbocycles. The Balaban J connectivity index is 2.36. The van der Waals surface area contributed by atoms with Gasteiger partial charge < -0.3 is 9.30 Å². The zero-order valence-corrected chi connectivity index (χ0v) is 10.2. The second-order valence-electron chi connectivity index (χ2n) is 3.94. The van der Waals surface area contributed by atoms with Crippen molar-refractivity contribution in [2.24, 2.45) is 7.05 Å². The quantitative estimate of drug-likeness (QED) is 0.687. The fourth-order valence-corrected chi connectivity index (χ4v) is 1.91. The Kier molecular flexibility index (Phi) is 2.44. The number of hydrogen-bond acceptors (Lipinski definition) is 4. The van der Waals surface area contributed by atoms with Crippen LogP contribution in [-0.4, -0.2) is 26.6 Å². The number of ether oxygens (including phenoxy) is 1. The summed E-state index contributed by atoms with van der Waals surface area (Å²) in [4.78, 5) is 13.1. The summed E-state index contributed by atoms with van der Waals surface area (Å²) in [5.74, 6) is 0.798. The lowest BCUT2D eigenvalue weighted by atomic mass is 10.2. The van der Waals surface area contributed by atoms with Crippen LogP contribution in [0.5, 0.6) is 6.01 Å². The van der Waals surface area contributed by atoms with Crippen LogP contribution in [0.15, 0.2) is 36.7 Å². The predicted octanol–water partition coefficient (Wildman–Crippen LogP) is 2.04. The van der Waals surface area contributed by atoms with Gasteiger partial charge in [-0.15, -0.1) is 0 Å². The highest BCUT2D eigenvalue weighted by atomic mass is 16.5. The Morgan fingerprint density at radius 2 is 2.00 bits per heavy atom. The molecule has 0 aliphatic rings. The van der Waals surface area contributed by atoms with E-state index < -0.39 is 0 Å². The lowest BCUT2D eigenvalue weighted by Crippen LogP contribution is -1.99. The third kappa shape index (κ3) is 1.60. The van der Waals surface area contributed by atoms with E-state index >= 15 is 0 Å². The molecule has 18 heavy (non-hydrogen) atoms. The first-order chi connectivity index (χ1) is 8.79. The Labute approximate surface area is 104 Å². The lowest BCUT2D eigenvalue weighted by molar-refractivity contribution is 0.382. The van der Waals surface area contributed by atoms with Crippen LogP contribution in [0.2, 0.25) is 0 Å². The molecule has 0 N–H and O–H groups in total. The minimum atomic E-state index is 0.353. The summed E-state index contributed by atoms with van der Waals surface area (Å²) in [6, 6.07) is 8.18. The minimum absolute atomic E-state index is 0.353. The zero-order valence-electron chi connectivity index (χ0n) is 10.2. The Morgan fingerprint density at radius 3 is 2.72 bits per heavy atom. The molecule has 0 bridgehead atoms. The fraction of sp³-hybridized carbons (Fsp3) is 0.154. The average molecular weight is 240 g/mol. The van der Waals surface area contributed by atoms with Crippen molar-refractivity contribution in [3.8, 4) is 17.5 Å². The van der Waals surface area contributed by atoms with E-state index in [0.29, 0.717) is 6.01 Å². The molecule has 0 atom stereocenters. The van der Waals surface area contributed by atoms with Crippen LogP contribution < -0.4 is 4.74 Å². The summed E-state index contributed by atoms with van der Waals surface area (Å²) in [5, 5.41) is 0.965. The van der Waals surface area contributed by atoms with Crippen molar-refractivity contribution in [2.45, 2.75) is 0 Å². The molecule has 2 heterocycles. The summed E-state index contributed by atoms with van der Waals surface area (Å²) in [6.45, 7) is 0. The van der Waals surface area contributed by atoms with Gasteiger partial charge >= 0.3 is 6.01 Å². The Morgan fingerprint density at radius 1 is 1.17 bits per heavy atom. The minimum Gasteiger partial charge on any atom is -0.467 e. The molecule has 1 aromatic carbocycles. The van der Waals surface area contributed by atoms with E-state index in [-0.39, 0.29) is 0 Å². The second-order valence-corrected chi connectivity index (χ2v) is 3.94. The molecule has 3 aromatic rings. The van der Waals surface area contributed by atoms with E-state index in [9.17, 15) is 0 Å². The maximum Gasteiger partial charge on any atom is 0.317 e. The molecule has 5 nitrogen and oxygen atoms in total. The number of para-hydroxylation sites is 1. The first-order valence-electron chi connectivity index (χ1n) is 5.58. The third-order valence-corrected chi connectivity index (χ3v) is 2.80. The molecule has 0 aliphatic carbocycles. The van der Waals surface area contributed by atoms with Gasteiger partial charge in [-0.3, -0.25) is 0 Å². The van der Waals surface area contributed by atoms with E-state index in [1.165, 1.54) is 0 Å². The molecule has 0 radical (unpaired) electrons. The number of nitrogens with zero attached hydrogens (tertiary/aromatic N) is 4. The second kappa shape index (κ2) is 4.10. The Hall–Kier alpha value is -2.43. The third-order valence-electron chi connectivity index (χ3n) is 2.80. The molecular formula is C13H12N4O. The van der Waals surface area contributed by atoms with Gasteiger partial charge in [0, 0.05) is 24.8 Å². The standard InChI is InChI=1S/C13H12N4O/c1-17-8-7-14-12(17)11-9-5-3-4-6-10(9)15-13(16-11)18-2/h3-8H,1-2H3. The lowest BCUT2D eigenvalue weighted by Gasteiger charge is -2.07. The maximum atomic E-state index is 5.14. The van der Waals surface area contributed by atoms with Crippen molar-refractivity contribution < 1.29 is 4.74 Å². The highest BCUT2D eigenvalue weighted by Crippen LogP contribution is 2.26. The predicted molar refractivity (Wildman–Crippen MR) is 68.3 cm³/mol. The molecule has 3 rings (SSSR count). The largest absolute Gasteiger partial charge is 0.467 e. The van der Waals surface area contributed by atoms with Crippen LogP contribution in [0, 0.1) is 0 Å². The summed E-state index contributed by atoms with van der Waals surface area (Å²) in [6.07, 6.45) is 3.64. The van der Waals surface area contributed by atoms with E-state index in [4.69, 9.17) is 4.74 Å². The van der Waals surface area contributed by atoms with Crippen molar-refractivity contribution in [3.05, 3.63) is 36.7 Å². The van der Waals surface area contributed by atoms with Crippen LogP contribution in [-0.2, 0) is 7.05 Å². The molecule has 0 fully saturated rings. The molecule has 0 aliphatic heterocycles. The number of methoxy groups -OCH3 is 1. The monoisotopic (exact) mass is 240 g/mol. The van der Waals surface area contributed by atoms with Gasteiger partial charge in [-0.05, 0) is 6.07 Å². The zero-order chi connectivity index (χ0) is 12.5. The van der Waals surface area contributed by atoms with Crippen LogP contribution in [0.25, 0.3) is 22.4 Å². The summed E-state index contributed by atoms with van der Waals surface area (Å²) < 4.78 is 7.07. The van der Waals surface area contributed by atoms with E-state index in [2.05, 4.69) is 15.0 Å². The number of imidazole rings is 1.